The highest BCUT2D eigenvalue weighted by Crippen LogP contribution is 2.34. The first-order valence-electron chi connectivity index (χ1n) is 10.5. The van der Waals surface area contributed by atoms with E-state index in [2.05, 4.69) is 5.32 Å². The Kier molecular flexibility index (Phi) is 9.37. The van der Waals surface area contributed by atoms with Gasteiger partial charge in [-0.15, -0.1) is 0 Å². The number of ether oxygens (including phenoxy) is 3. The highest BCUT2D eigenvalue weighted by Gasteiger charge is 2.33. The zero-order valence-electron chi connectivity index (χ0n) is 18.6. The van der Waals surface area contributed by atoms with Crippen molar-refractivity contribution >= 4 is 23.8 Å². The van der Waals surface area contributed by atoms with Gasteiger partial charge in [0.1, 0.15) is 11.4 Å². The first-order valence-corrected chi connectivity index (χ1v) is 10.9. The van der Waals surface area contributed by atoms with Gasteiger partial charge in [0.25, 0.3) is 0 Å². The summed E-state index contributed by atoms with van der Waals surface area (Å²) in [6.45, 7) is 8.91. The largest absolute Gasteiger partial charge is 0.450 e. The Balaban J connectivity index is 2.11. The fourth-order valence-electron chi connectivity index (χ4n) is 3.51. The van der Waals surface area contributed by atoms with Crippen LogP contribution in [0.3, 0.4) is 0 Å². The molecule has 0 radical (unpaired) electrons. The van der Waals surface area contributed by atoms with E-state index in [4.69, 9.17) is 25.8 Å². The average Bonchev–Trinajstić information content (AvgIpc) is 2.66. The first kappa shape index (κ1) is 25.2. The van der Waals surface area contributed by atoms with Gasteiger partial charge < -0.3 is 24.4 Å². The van der Waals surface area contributed by atoms with Crippen molar-refractivity contribution in [3.8, 4) is 0 Å². The summed E-state index contributed by atoms with van der Waals surface area (Å²) in [7, 11) is 0. The number of amides is 2. The van der Waals surface area contributed by atoms with Gasteiger partial charge in [0.15, 0.2) is 0 Å². The number of likely N-dealkylation sites (tertiary alicyclic amines) is 1. The molecule has 1 aromatic carbocycles. The molecule has 31 heavy (non-hydrogen) atoms. The number of hydrogen-bond donors (Lipinski definition) is 1. The monoisotopic (exact) mass is 458 g/mol. The lowest BCUT2D eigenvalue weighted by Gasteiger charge is -2.37. The molecule has 9 heteroatoms. The average molecular weight is 459 g/mol. The molecular formula is C22H32ClFN2O5. The molecule has 1 aliphatic rings. The van der Waals surface area contributed by atoms with Crippen LogP contribution in [0, 0.1) is 11.7 Å². The molecule has 2 amide bonds. The van der Waals surface area contributed by atoms with Crippen molar-refractivity contribution in [1.82, 2.24) is 10.2 Å². The number of hydrogen-bond acceptors (Lipinski definition) is 5. The number of piperidine rings is 1. The highest BCUT2D eigenvalue weighted by atomic mass is 35.5. The van der Waals surface area contributed by atoms with Crippen molar-refractivity contribution in [2.45, 2.75) is 52.2 Å². The Labute approximate surface area is 188 Å². The lowest BCUT2D eigenvalue weighted by Crippen LogP contribution is -2.44. The molecule has 1 aromatic rings. The lowest BCUT2D eigenvalue weighted by atomic mass is 9.88. The van der Waals surface area contributed by atoms with Crippen LogP contribution in [0.4, 0.5) is 14.0 Å². The number of nitrogens with zero attached hydrogens (tertiary/aromatic N) is 1. The molecule has 1 saturated heterocycles. The van der Waals surface area contributed by atoms with Crippen LogP contribution >= 0.6 is 11.6 Å². The molecule has 1 heterocycles. The van der Waals surface area contributed by atoms with E-state index < -0.39 is 23.6 Å². The summed E-state index contributed by atoms with van der Waals surface area (Å²) in [6, 6.07) is 4.29. The maximum atomic E-state index is 14.0. The summed E-state index contributed by atoms with van der Waals surface area (Å²) in [4.78, 5) is 25.7. The molecule has 174 valence electrons. The fraction of sp³-hybridized carbons (Fsp3) is 0.636. The molecule has 2 rings (SSSR count). The summed E-state index contributed by atoms with van der Waals surface area (Å²) in [6.07, 6.45) is 0.168. The van der Waals surface area contributed by atoms with Crippen molar-refractivity contribution in [2.75, 3.05) is 32.8 Å². The van der Waals surface area contributed by atoms with Crippen molar-refractivity contribution < 1.29 is 28.2 Å². The van der Waals surface area contributed by atoms with E-state index in [-0.39, 0.29) is 36.8 Å². The zero-order chi connectivity index (χ0) is 23.0. The quantitative estimate of drug-likeness (QED) is 0.586. The molecule has 0 unspecified atom stereocenters. The molecular weight excluding hydrogens is 427 g/mol. The molecule has 0 aromatic heterocycles. The third-order valence-corrected chi connectivity index (χ3v) is 4.91. The van der Waals surface area contributed by atoms with E-state index in [0.29, 0.717) is 18.7 Å². The van der Waals surface area contributed by atoms with Crippen LogP contribution < -0.4 is 5.32 Å². The minimum Gasteiger partial charge on any atom is -0.450 e. The van der Waals surface area contributed by atoms with Crippen molar-refractivity contribution in [3.63, 3.8) is 0 Å². The summed E-state index contributed by atoms with van der Waals surface area (Å²) >= 11 is 6.07. The molecule has 0 aliphatic carbocycles. The molecule has 0 spiro atoms. The Bertz CT molecular complexity index is 736. The zero-order valence-corrected chi connectivity index (χ0v) is 19.3. The van der Waals surface area contributed by atoms with Crippen LogP contribution in [0.5, 0.6) is 0 Å². The first-order chi connectivity index (χ1) is 14.6. The maximum absolute atomic E-state index is 14.0. The van der Waals surface area contributed by atoms with Crippen LogP contribution in [0.15, 0.2) is 18.2 Å². The second kappa shape index (κ2) is 11.5. The normalized spacial score (nSPS) is 17.7. The topological polar surface area (TPSA) is 77.1 Å². The maximum Gasteiger partial charge on any atom is 0.410 e. The van der Waals surface area contributed by atoms with Crippen LogP contribution in [-0.4, -0.2) is 55.5 Å². The van der Waals surface area contributed by atoms with E-state index in [9.17, 15) is 14.0 Å². The third-order valence-electron chi connectivity index (χ3n) is 4.70. The van der Waals surface area contributed by atoms with Crippen LogP contribution in [-0.2, 0) is 14.2 Å². The Morgan fingerprint density at radius 1 is 1.32 bits per heavy atom. The molecule has 1 aliphatic heterocycles. The van der Waals surface area contributed by atoms with E-state index in [0.717, 1.165) is 12.8 Å². The predicted molar refractivity (Wildman–Crippen MR) is 116 cm³/mol. The molecule has 0 saturated carbocycles. The lowest BCUT2D eigenvalue weighted by molar-refractivity contribution is -0.0247. The Hall–Kier alpha value is -2.06. The van der Waals surface area contributed by atoms with Crippen molar-refractivity contribution in [1.29, 1.82) is 0 Å². The smallest absolute Gasteiger partial charge is 0.410 e. The van der Waals surface area contributed by atoms with Crippen LogP contribution in [0.25, 0.3) is 0 Å². The second-order valence-corrected chi connectivity index (χ2v) is 8.91. The summed E-state index contributed by atoms with van der Waals surface area (Å²) in [5.74, 6) is -0.540. The Morgan fingerprint density at radius 2 is 2.06 bits per heavy atom. The van der Waals surface area contributed by atoms with Crippen molar-refractivity contribution in [3.05, 3.63) is 34.6 Å². The summed E-state index contributed by atoms with van der Waals surface area (Å²) in [5, 5.41) is 2.87. The van der Waals surface area contributed by atoms with Crippen molar-refractivity contribution in [2.24, 2.45) is 5.92 Å². The van der Waals surface area contributed by atoms with E-state index in [1.165, 1.54) is 12.1 Å². The molecule has 0 bridgehead atoms. The summed E-state index contributed by atoms with van der Waals surface area (Å²) in [5.41, 5.74) is 0.00609. The number of carbonyl (C=O) groups excluding carboxylic acids is 2. The molecule has 1 N–H and O–H groups in total. The number of halogens is 2. The number of rotatable bonds is 7. The van der Waals surface area contributed by atoms with Crippen LogP contribution in [0.2, 0.25) is 5.02 Å². The summed E-state index contributed by atoms with van der Waals surface area (Å²) < 4.78 is 30.4. The fourth-order valence-corrected chi connectivity index (χ4v) is 3.74. The van der Waals surface area contributed by atoms with Gasteiger partial charge >= 0.3 is 12.2 Å². The van der Waals surface area contributed by atoms with Gasteiger partial charge in [-0.05, 0) is 64.3 Å². The van der Waals surface area contributed by atoms with E-state index >= 15 is 0 Å². The van der Waals surface area contributed by atoms with E-state index in [1.54, 1.807) is 17.9 Å². The minimum atomic E-state index is -0.589. The Morgan fingerprint density at radius 3 is 2.71 bits per heavy atom. The highest BCUT2D eigenvalue weighted by molar-refractivity contribution is 6.30. The second-order valence-electron chi connectivity index (χ2n) is 8.47. The SMILES string of the molecule is CCOC(=O)NCCO[C@@H](c1cc(F)cc(Cl)c1)[C@@H]1CCCN(C(=O)OC(C)(C)C)C1. The minimum absolute atomic E-state index is 0.0817. The van der Waals surface area contributed by atoms with Crippen LogP contribution in [0.1, 0.15) is 52.2 Å². The number of alkyl carbamates (subject to hydrolysis) is 1. The molecule has 1 fully saturated rings. The third kappa shape index (κ3) is 8.53. The van der Waals surface area contributed by atoms with Gasteiger partial charge in [0.2, 0.25) is 0 Å². The number of benzene rings is 1. The van der Waals surface area contributed by atoms with Gasteiger partial charge in [-0.1, -0.05) is 11.6 Å². The van der Waals surface area contributed by atoms with Gasteiger partial charge in [-0.25, -0.2) is 14.0 Å². The standard InChI is InChI=1S/C22H32ClFN2O5/c1-5-29-20(27)25-8-10-30-19(16-11-17(23)13-18(24)12-16)15-7-6-9-26(14-15)21(28)31-22(2,3)4/h11-13,15,19H,5-10,14H2,1-4H3,(H,25,27)/t15-,19-/m1/s1. The predicted octanol–water partition coefficient (Wildman–Crippen LogP) is 4.93. The van der Waals surface area contributed by atoms with Gasteiger partial charge in [-0.2, -0.15) is 0 Å². The van der Waals surface area contributed by atoms with Gasteiger partial charge in [-0.3, -0.25) is 0 Å². The van der Waals surface area contributed by atoms with E-state index in [1.807, 2.05) is 20.8 Å². The molecule has 2 atom stereocenters. The van der Waals surface area contributed by atoms with Gasteiger partial charge in [0, 0.05) is 30.6 Å². The van der Waals surface area contributed by atoms with Gasteiger partial charge in [0.05, 0.1) is 19.3 Å². The number of carbonyl (C=O) groups is 2. The molecule has 7 nitrogen and oxygen atoms in total. The number of nitrogens with one attached hydrogen (secondary N) is 1.